The van der Waals surface area contributed by atoms with Crippen LogP contribution in [-0.4, -0.2) is 9.75 Å². The zero-order valence-corrected chi connectivity index (χ0v) is 17.9. The van der Waals surface area contributed by atoms with Crippen LogP contribution in [0.25, 0.3) is 0 Å². The first-order valence-corrected chi connectivity index (χ1v) is 10.7. The van der Waals surface area contributed by atoms with Gasteiger partial charge >= 0.3 is 0 Å². The topological polar surface area (TPSA) is 67.2 Å². The SMILES string of the molecule is CC(C)(/C=C/C#Cc1ccc(NS(=O)c2ccccc2)cc1)Nc1ccccc1N. The fourth-order valence-corrected chi connectivity index (χ4v) is 3.58. The number of benzene rings is 3. The molecule has 0 saturated carbocycles. The molecule has 0 amide bonds. The van der Waals surface area contributed by atoms with Crippen LogP contribution in [0.4, 0.5) is 17.1 Å². The minimum atomic E-state index is -1.29. The number of nitrogens with two attached hydrogens (primary N) is 1. The van der Waals surface area contributed by atoms with E-state index in [2.05, 4.69) is 35.7 Å². The minimum absolute atomic E-state index is 0.292. The van der Waals surface area contributed by atoms with Crippen molar-refractivity contribution in [2.75, 3.05) is 15.8 Å². The molecule has 0 bridgehead atoms. The van der Waals surface area contributed by atoms with Crippen LogP contribution in [0, 0.1) is 11.8 Å². The van der Waals surface area contributed by atoms with Gasteiger partial charge in [0.15, 0.2) is 0 Å². The monoisotopic (exact) mass is 415 g/mol. The average Bonchev–Trinajstić information content (AvgIpc) is 2.74. The van der Waals surface area contributed by atoms with Crippen molar-refractivity contribution in [3.05, 3.63) is 96.6 Å². The van der Waals surface area contributed by atoms with Gasteiger partial charge in [-0.25, -0.2) is 4.21 Å². The molecular formula is C25H25N3OS. The van der Waals surface area contributed by atoms with Crippen molar-refractivity contribution in [2.45, 2.75) is 24.3 Å². The van der Waals surface area contributed by atoms with Gasteiger partial charge in [0.25, 0.3) is 0 Å². The number of nitrogen functional groups attached to an aromatic ring is 1. The highest BCUT2D eigenvalue weighted by Crippen LogP contribution is 2.22. The molecule has 0 fully saturated rings. The summed E-state index contributed by atoms with van der Waals surface area (Å²) in [6, 6.07) is 24.5. The Morgan fingerprint density at radius 2 is 1.60 bits per heavy atom. The number of rotatable bonds is 6. The first kappa shape index (κ1) is 21.2. The minimum Gasteiger partial charge on any atom is -0.397 e. The molecular weight excluding hydrogens is 390 g/mol. The summed E-state index contributed by atoms with van der Waals surface area (Å²) in [5.74, 6) is 6.17. The summed E-state index contributed by atoms with van der Waals surface area (Å²) in [6.45, 7) is 4.12. The molecule has 4 N–H and O–H groups in total. The molecule has 0 aromatic heterocycles. The molecule has 1 unspecified atom stereocenters. The Morgan fingerprint density at radius 3 is 2.30 bits per heavy atom. The lowest BCUT2D eigenvalue weighted by Gasteiger charge is -2.24. The van der Waals surface area contributed by atoms with E-state index in [1.165, 1.54) is 0 Å². The van der Waals surface area contributed by atoms with E-state index in [1.807, 2.05) is 91.0 Å². The molecule has 3 aromatic carbocycles. The van der Waals surface area contributed by atoms with Crippen LogP contribution in [0.5, 0.6) is 0 Å². The highest BCUT2D eigenvalue weighted by Gasteiger charge is 2.13. The number of hydrogen-bond acceptors (Lipinski definition) is 3. The molecule has 5 heteroatoms. The molecule has 1 atom stereocenters. The number of para-hydroxylation sites is 2. The number of nitrogens with one attached hydrogen (secondary N) is 2. The van der Waals surface area contributed by atoms with E-state index in [0.29, 0.717) is 5.69 Å². The Balaban J connectivity index is 1.58. The summed E-state index contributed by atoms with van der Waals surface area (Å²) < 4.78 is 15.3. The fraction of sp³-hybridized carbons (Fsp3) is 0.120. The second kappa shape index (κ2) is 9.82. The van der Waals surface area contributed by atoms with Gasteiger partial charge in [0.1, 0.15) is 11.0 Å². The molecule has 0 radical (unpaired) electrons. The maximum Gasteiger partial charge on any atom is 0.150 e. The van der Waals surface area contributed by atoms with Crippen molar-refractivity contribution < 1.29 is 4.21 Å². The quantitative estimate of drug-likeness (QED) is 0.383. The first-order chi connectivity index (χ1) is 14.4. The van der Waals surface area contributed by atoms with E-state index in [4.69, 9.17) is 5.73 Å². The zero-order chi connectivity index (χ0) is 21.4. The number of hydrogen-bond donors (Lipinski definition) is 3. The van der Waals surface area contributed by atoms with Gasteiger partial charge in [-0.15, -0.1) is 0 Å². The normalized spacial score (nSPS) is 12.1. The van der Waals surface area contributed by atoms with Crippen LogP contribution >= 0.6 is 0 Å². The third-order valence-electron chi connectivity index (χ3n) is 4.27. The molecule has 3 aromatic rings. The van der Waals surface area contributed by atoms with E-state index >= 15 is 0 Å². The van der Waals surface area contributed by atoms with Gasteiger partial charge in [0.05, 0.1) is 21.8 Å². The van der Waals surface area contributed by atoms with E-state index in [9.17, 15) is 4.21 Å². The van der Waals surface area contributed by atoms with Crippen molar-refractivity contribution in [1.29, 1.82) is 0 Å². The fourth-order valence-electron chi connectivity index (χ4n) is 2.71. The lowest BCUT2D eigenvalue weighted by atomic mass is 10.0. The Labute approximate surface area is 180 Å². The summed E-state index contributed by atoms with van der Waals surface area (Å²) in [4.78, 5) is 0.736. The van der Waals surface area contributed by atoms with E-state index < -0.39 is 11.0 Å². The lowest BCUT2D eigenvalue weighted by molar-refractivity contribution is 0.686. The Hall–Kier alpha value is -3.49. The maximum absolute atomic E-state index is 12.3. The summed E-state index contributed by atoms with van der Waals surface area (Å²) in [5, 5.41) is 3.41. The van der Waals surface area contributed by atoms with Gasteiger partial charge in [-0.05, 0) is 68.5 Å². The van der Waals surface area contributed by atoms with Gasteiger partial charge in [0, 0.05) is 11.3 Å². The zero-order valence-electron chi connectivity index (χ0n) is 17.1. The molecule has 0 heterocycles. The van der Waals surface area contributed by atoms with Crippen LogP contribution in [0.1, 0.15) is 19.4 Å². The van der Waals surface area contributed by atoms with Crippen molar-refractivity contribution in [1.82, 2.24) is 0 Å². The first-order valence-electron chi connectivity index (χ1n) is 9.58. The lowest BCUT2D eigenvalue weighted by Crippen LogP contribution is -2.28. The van der Waals surface area contributed by atoms with E-state index in [0.717, 1.165) is 21.8 Å². The van der Waals surface area contributed by atoms with Crippen molar-refractivity contribution >= 4 is 28.0 Å². The molecule has 3 rings (SSSR count). The van der Waals surface area contributed by atoms with Gasteiger partial charge in [-0.3, -0.25) is 0 Å². The highest BCUT2D eigenvalue weighted by molar-refractivity contribution is 7.86. The summed E-state index contributed by atoms with van der Waals surface area (Å²) in [5.41, 5.74) is 8.98. The molecule has 0 aliphatic rings. The number of anilines is 3. The Bertz CT molecular complexity index is 1090. The smallest absolute Gasteiger partial charge is 0.150 e. The summed E-state index contributed by atoms with van der Waals surface area (Å²) in [6.07, 6.45) is 3.84. The summed E-state index contributed by atoms with van der Waals surface area (Å²) in [7, 11) is -1.29. The van der Waals surface area contributed by atoms with Crippen molar-refractivity contribution in [2.24, 2.45) is 0 Å². The van der Waals surface area contributed by atoms with Crippen molar-refractivity contribution in [3.8, 4) is 11.8 Å². The molecule has 0 aliphatic carbocycles. The molecule has 4 nitrogen and oxygen atoms in total. The predicted molar refractivity (Wildman–Crippen MR) is 127 cm³/mol. The molecule has 30 heavy (non-hydrogen) atoms. The van der Waals surface area contributed by atoms with E-state index in [1.54, 1.807) is 0 Å². The standard InChI is InChI=1S/C25H25N3OS/c1-25(2,27-24-14-7-6-13-23(24)26)19-9-8-10-20-15-17-21(18-16-20)28-30(29)22-11-4-3-5-12-22/h3-7,9,11-19,27-28H,26H2,1-2H3/b19-9+. The van der Waals surface area contributed by atoms with E-state index in [-0.39, 0.29) is 5.54 Å². The second-order valence-corrected chi connectivity index (χ2v) is 8.51. The Kier molecular flexibility index (Phi) is 6.95. The van der Waals surface area contributed by atoms with Crippen LogP contribution in [0.15, 0.2) is 95.9 Å². The predicted octanol–water partition coefficient (Wildman–Crippen LogP) is 5.20. The molecule has 152 valence electrons. The molecule has 0 aliphatic heterocycles. The second-order valence-electron chi connectivity index (χ2n) is 7.30. The third-order valence-corrected chi connectivity index (χ3v) is 5.39. The van der Waals surface area contributed by atoms with Gasteiger partial charge < -0.3 is 15.8 Å². The number of allylic oxidation sites excluding steroid dienone is 1. The van der Waals surface area contributed by atoms with Gasteiger partial charge in [0.2, 0.25) is 0 Å². The molecule has 0 spiro atoms. The summed E-state index contributed by atoms with van der Waals surface area (Å²) >= 11 is 0. The van der Waals surface area contributed by atoms with Crippen LogP contribution in [-0.2, 0) is 11.0 Å². The van der Waals surface area contributed by atoms with Crippen molar-refractivity contribution in [3.63, 3.8) is 0 Å². The maximum atomic E-state index is 12.3. The van der Waals surface area contributed by atoms with Crippen LogP contribution in [0.2, 0.25) is 0 Å². The van der Waals surface area contributed by atoms with Gasteiger partial charge in [-0.1, -0.05) is 48.2 Å². The molecule has 0 saturated heterocycles. The largest absolute Gasteiger partial charge is 0.397 e. The highest BCUT2D eigenvalue weighted by atomic mass is 32.2. The van der Waals surface area contributed by atoms with Crippen LogP contribution in [0.3, 0.4) is 0 Å². The average molecular weight is 416 g/mol. The Morgan fingerprint density at radius 1 is 0.933 bits per heavy atom. The van der Waals surface area contributed by atoms with Gasteiger partial charge in [-0.2, -0.15) is 0 Å². The third kappa shape index (κ3) is 6.26. The van der Waals surface area contributed by atoms with Crippen LogP contribution < -0.4 is 15.8 Å².